The third-order valence-electron chi connectivity index (χ3n) is 4.90. The van der Waals surface area contributed by atoms with E-state index in [0.29, 0.717) is 0 Å². The minimum absolute atomic E-state index is 0.0157. The average Bonchev–Trinajstić information content (AvgIpc) is 2.69. The van der Waals surface area contributed by atoms with E-state index >= 15 is 0 Å². The van der Waals surface area contributed by atoms with Gasteiger partial charge in [-0.1, -0.05) is 32.1 Å². The molecule has 1 unspecified atom stereocenters. The first kappa shape index (κ1) is 11.2. The molecule has 0 aromatic heterocycles. The minimum atomic E-state index is -0.864. The second-order valence-corrected chi connectivity index (χ2v) is 5.91. The molecule has 0 spiro atoms. The molecule has 0 heterocycles. The molecular formula is C14H18O3. The Morgan fingerprint density at radius 1 is 1.24 bits per heavy atom. The molecule has 0 amide bonds. The van der Waals surface area contributed by atoms with E-state index in [9.17, 15) is 9.90 Å². The molecule has 0 aromatic carbocycles. The number of rotatable bonds is 1. The highest BCUT2D eigenvalue weighted by Crippen LogP contribution is 2.58. The molecule has 4 rings (SSSR count). The molecule has 3 nitrogen and oxygen atoms in total. The molecule has 92 valence electrons. The molecule has 5 atom stereocenters. The maximum Gasteiger partial charge on any atom is 0.175 e. The number of hydrogen-bond donors (Lipinski definition) is 1. The van der Waals surface area contributed by atoms with Gasteiger partial charge in [0.25, 0.3) is 0 Å². The summed E-state index contributed by atoms with van der Waals surface area (Å²) in [5, 5.41) is 10.1. The number of aliphatic hydroxyl groups excluding tert-OH is 1. The SMILES string of the molecule is CO[C@]12C=C[C@H]([C@@H]3C(O)C=C[C@@H]31)C(C)(C)C2=O. The molecule has 17 heavy (non-hydrogen) atoms. The number of hydrogen-bond acceptors (Lipinski definition) is 3. The first-order valence-electron chi connectivity index (χ1n) is 6.11. The summed E-state index contributed by atoms with van der Waals surface area (Å²) in [6.45, 7) is 3.91. The van der Waals surface area contributed by atoms with E-state index in [1.807, 2.05) is 26.0 Å². The van der Waals surface area contributed by atoms with Crippen molar-refractivity contribution in [1.29, 1.82) is 0 Å². The average molecular weight is 234 g/mol. The van der Waals surface area contributed by atoms with Gasteiger partial charge in [0.1, 0.15) is 0 Å². The lowest BCUT2D eigenvalue weighted by molar-refractivity contribution is -0.171. The van der Waals surface area contributed by atoms with Crippen LogP contribution in [0.3, 0.4) is 0 Å². The van der Waals surface area contributed by atoms with Crippen LogP contribution in [0.4, 0.5) is 0 Å². The van der Waals surface area contributed by atoms with Crippen LogP contribution in [0.15, 0.2) is 24.3 Å². The third-order valence-corrected chi connectivity index (χ3v) is 4.90. The van der Waals surface area contributed by atoms with Gasteiger partial charge in [-0.2, -0.15) is 0 Å². The molecule has 1 saturated carbocycles. The topological polar surface area (TPSA) is 46.5 Å². The Bertz CT molecular complexity index is 435. The molecule has 0 aromatic rings. The number of ketones is 1. The Morgan fingerprint density at radius 3 is 2.59 bits per heavy atom. The molecule has 1 N–H and O–H groups in total. The summed E-state index contributed by atoms with van der Waals surface area (Å²) in [6, 6.07) is 0. The number of methoxy groups -OCH3 is 1. The summed E-state index contributed by atoms with van der Waals surface area (Å²) in [5.41, 5.74) is -1.32. The Morgan fingerprint density at radius 2 is 1.94 bits per heavy atom. The fraction of sp³-hybridized carbons (Fsp3) is 0.643. The van der Waals surface area contributed by atoms with Gasteiger partial charge < -0.3 is 9.84 Å². The van der Waals surface area contributed by atoms with Crippen molar-refractivity contribution in [2.75, 3.05) is 7.11 Å². The van der Waals surface area contributed by atoms with E-state index in [-0.39, 0.29) is 23.5 Å². The van der Waals surface area contributed by atoms with Gasteiger partial charge in [-0.05, 0) is 12.0 Å². The molecule has 1 fully saturated rings. The van der Waals surface area contributed by atoms with Gasteiger partial charge in [-0.15, -0.1) is 0 Å². The molecule has 0 saturated heterocycles. The number of Topliss-reactive ketones (excluding diaryl/α,β-unsaturated/α-hetero) is 1. The van der Waals surface area contributed by atoms with Gasteiger partial charge in [-0.25, -0.2) is 0 Å². The highest BCUT2D eigenvalue weighted by Gasteiger charge is 2.65. The minimum Gasteiger partial charge on any atom is -0.389 e. The monoisotopic (exact) mass is 234 g/mol. The highest BCUT2D eigenvalue weighted by atomic mass is 16.5. The van der Waals surface area contributed by atoms with Crippen molar-refractivity contribution in [2.45, 2.75) is 25.6 Å². The molecule has 0 radical (unpaired) electrons. The Hall–Kier alpha value is -0.930. The summed E-state index contributed by atoms with van der Waals surface area (Å²) in [7, 11) is 1.58. The summed E-state index contributed by atoms with van der Waals surface area (Å²) in [4.78, 5) is 12.6. The summed E-state index contributed by atoms with van der Waals surface area (Å²) < 4.78 is 5.58. The van der Waals surface area contributed by atoms with Crippen molar-refractivity contribution in [3.05, 3.63) is 24.3 Å². The maximum atomic E-state index is 12.6. The van der Waals surface area contributed by atoms with Crippen LogP contribution in [0.1, 0.15) is 13.8 Å². The van der Waals surface area contributed by atoms with Crippen LogP contribution < -0.4 is 0 Å². The Kier molecular flexibility index (Phi) is 2.03. The Labute approximate surface area is 101 Å². The van der Waals surface area contributed by atoms with E-state index in [2.05, 4.69) is 6.08 Å². The number of allylic oxidation sites excluding steroid dienone is 1. The van der Waals surface area contributed by atoms with Gasteiger partial charge >= 0.3 is 0 Å². The number of carbonyl (C=O) groups excluding carboxylic acids is 1. The summed E-state index contributed by atoms with van der Waals surface area (Å²) in [6.07, 6.45) is 7.24. The molecule has 0 aliphatic heterocycles. The summed E-state index contributed by atoms with van der Waals surface area (Å²) in [5.74, 6) is 0.299. The van der Waals surface area contributed by atoms with Crippen molar-refractivity contribution in [3.63, 3.8) is 0 Å². The van der Waals surface area contributed by atoms with Crippen molar-refractivity contribution in [1.82, 2.24) is 0 Å². The van der Waals surface area contributed by atoms with Gasteiger partial charge in [-0.3, -0.25) is 4.79 Å². The highest BCUT2D eigenvalue weighted by molar-refractivity contribution is 5.97. The van der Waals surface area contributed by atoms with Crippen LogP contribution in [0.5, 0.6) is 0 Å². The lowest BCUT2D eigenvalue weighted by Crippen LogP contribution is -2.65. The predicted molar refractivity (Wildman–Crippen MR) is 63.3 cm³/mol. The van der Waals surface area contributed by atoms with Gasteiger partial charge in [0, 0.05) is 24.4 Å². The molecular weight excluding hydrogens is 216 g/mol. The van der Waals surface area contributed by atoms with Crippen LogP contribution in [0.2, 0.25) is 0 Å². The second kappa shape index (κ2) is 3.09. The van der Waals surface area contributed by atoms with E-state index in [1.165, 1.54) is 0 Å². The van der Waals surface area contributed by atoms with Crippen LogP contribution in [0.25, 0.3) is 0 Å². The molecule has 3 heteroatoms. The van der Waals surface area contributed by atoms with Crippen molar-refractivity contribution in [2.24, 2.45) is 23.2 Å². The fourth-order valence-corrected chi connectivity index (χ4v) is 3.95. The van der Waals surface area contributed by atoms with Gasteiger partial charge in [0.05, 0.1) is 6.10 Å². The van der Waals surface area contributed by atoms with E-state index in [0.717, 1.165) is 0 Å². The van der Waals surface area contributed by atoms with Crippen molar-refractivity contribution in [3.8, 4) is 0 Å². The number of carbonyl (C=O) groups is 1. The smallest absolute Gasteiger partial charge is 0.175 e. The van der Waals surface area contributed by atoms with Crippen molar-refractivity contribution < 1.29 is 14.6 Å². The maximum absolute atomic E-state index is 12.6. The van der Waals surface area contributed by atoms with E-state index in [4.69, 9.17) is 4.74 Å². The molecule has 4 aliphatic rings. The molecule has 2 bridgehead atoms. The number of ether oxygens (including phenoxy) is 1. The van der Waals surface area contributed by atoms with Crippen LogP contribution in [-0.2, 0) is 9.53 Å². The zero-order valence-electron chi connectivity index (χ0n) is 10.4. The fourth-order valence-electron chi connectivity index (χ4n) is 3.95. The van der Waals surface area contributed by atoms with Gasteiger partial charge in [0.15, 0.2) is 11.4 Å². The normalized spacial score (nSPS) is 49.8. The zero-order valence-corrected chi connectivity index (χ0v) is 10.4. The van der Waals surface area contributed by atoms with Crippen molar-refractivity contribution >= 4 is 5.78 Å². The summed E-state index contributed by atoms with van der Waals surface area (Å²) >= 11 is 0. The zero-order chi connectivity index (χ0) is 12.4. The van der Waals surface area contributed by atoms with Crippen LogP contribution in [0, 0.1) is 23.2 Å². The van der Waals surface area contributed by atoms with Gasteiger partial charge in [0.2, 0.25) is 0 Å². The number of fused-ring (bicyclic) bond motifs is 1. The lowest BCUT2D eigenvalue weighted by atomic mass is 9.50. The standard InChI is InChI=1S/C14H18O3/c1-13(2)8-6-7-14(17-3,12(13)16)9-4-5-10(15)11(8)9/h4-11,15H,1-3H3/t8-,9+,10?,11+,14-/m1/s1. The second-order valence-electron chi connectivity index (χ2n) is 5.91. The quantitative estimate of drug-likeness (QED) is 0.696. The van der Waals surface area contributed by atoms with E-state index < -0.39 is 17.1 Å². The largest absolute Gasteiger partial charge is 0.389 e. The van der Waals surface area contributed by atoms with Crippen LogP contribution >= 0.6 is 0 Å². The predicted octanol–water partition coefficient (Wildman–Crippen LogP) is 1.33. The Balaban J connectivity index is 2.19. The number of aliphatic hydroxyl groups is 1. The molecule has 4 aliphatic carbocycles. The first-order valence-corrected chi connectivity index (χ1v) is 6.11. The first-order chi connectivity index (χ1) is 7.95. The van der Waals surface area contributed by atoms with E-state index in [1.54, 1.807) is 13.2 Å². The lowest BCUT2D eigenvalue weighted by Gasteiger charge is -2.55. The van der Waals surface area contributed by atoms with Crippen LogP contribution in [-0.4, -0.2) is 29.7 Å². The third kappa shape index (κ3) is 1.07.